The van der Waals surface area contributed by atoms with E-state index in [1.54, 1.807) is 17.7 Å². The third kappa shape index (κ3) is 2.79. The van der Waals surface area contributed by atoms with Crippen LogP contribution in [0.25, 0.3) is 0 Å². The van der Waals surface area contributed by atoms with Crippen LogP contribution in [0.5, 0.6) is 0 Å². The number of thiophene rings is 1. The van der Waals surface area contributed by atoms with E-state index >= 15 is 0 Å². The van der Waals surface area contributed by atoms with Gasteiger partial charge < -0.3 is 9.88 Å². The Balaban J connectivity index is 1.99. The van der Waals surface area contributed by atoms with Crippen molar-refractivity contribution in [1.29, 1.82) is 0 Å². The zero-order valence-electron chi connectivity index (χ0n) is 11.3. The molecule has 2 heterocycles. The quantitative estimate of drug-likeness (QED) is 0.902. The summed E-state index contributed by atoms with van der Waals surface area (Å²) in [5.74, 6) is 0.992. The van der Waals surface area contributed by atoms with Gasteiger partial charge in [-0.1, -0.05) is 0 Å². The van der Waals surface area contributed by atoms with Gasteiger partial charge in [0.25, 0.3) is 0 Å². The van der Waals surface area contributed by atoms with E-state index in [2.05, 4.69) is 59.2 Å². The molecule has 2 rings (SSSR count). The van der Waals surface area contributed by atoms with Crippen LogP contribution in [0.2, 0.25) is 0 Å². The smallest absolute Gasteiger partial charge is 0.147 e. The molecule has 0 aliphatic rings. The Kier molecular flexibility index (Phi) is 4.14. The van der Waals surface area contributed by atoms with Crippen LogP contribution in [0, 0.1) is 6.92 Å². The zero-order valence-corrected chi connectivity index (χ0v) is 12.2. The van der Waals surface area contributed by atoms with Gasteiger partial charge in [-0.25, -0.2) is 0 Å². The largest absolute Gasteiger partial charge is 0.314 e. The molecule has 0 radical (unpaired) electrons. The van der Waals surface area contributed by atoms with Crippen LogP contribution in [0.15, 0.2) is 17.8 Å². The molecule has 0 aliphatic heterocycles. The van der Waals surface area contributed by atoms with E-state index in [-0.39, 0.29) is 0 Å². The molecule has 0 fully saturated rings. The summed E-state index contributed by atoms with van der Waals surface area (Å²) in [5, 5.41) is 13.8. The molecule has 5 heteroatoms. The Morgan fingerprint density at radius 3 is 2.78 bits per heavy atom. The van der Waals surface area contributed by atoms with Gasteiger partial charge in [-0.05, 0) is 44.7 Å². The molecule has 0 aliphatic carbocycles. The van der Waals surface area contributed by atoms with Gasteiger partial charge >= 0.3 is 0 Å². The van der Waals surface area contributed by atoms with Crippen molar-refractivity contribution in [2.24, 2.45) is 0 Å². The lowest BCUT2D eigenvalue weighted by Crippen LogP contribution is -2.21. The van der Waals surface area contributed by atoms with Crippen LogP contribution in [0.3, 0.4) is 0 Å². The number of nitrogens with zero attached hydrogens (tertiary/aromatic N) is 3. The molecule has 0 aromatic carbocycles. The molecule has 0 spiro atoms. The van der Waals surface area contributed by atoms with Gasteiger partial charge in [0.05, 0.1) is 6.54 Å². The van der Waals surface area contributed by atoms with Crippen LogP contribution in [0.1, 0.15) is 49.1 Å². The molecular weight excluding hydrogens is 244 g/mol. The third-order valence-electron chi connectivity index (χ3n) is 3.06. The molecule has 0 saturated carbocycles. The Morgan fingerprint density at radius 2 is 2.17 bits per heavy atom. The Hall–Kier alpha value is -1.20. The summed E-state index contributed by atoms with van der Waals surface area (Å²) in [6.45, 7) is 9.37. The van der Waals surface area contributed by atoms with Crippen molar-refractivity contribution in [3.63, 3.8) is 0 Å². The first kappa shape index (κ1) is 13.2. The standard InChI is InChI=1S/C13H20N4S/c1-9(2)17-8-15-16-12(17)7-14-11(4)13-10(3)5-6-18-13/h5-6,8-9,11,14H,7H2,1-4H3. The predicted octanol–water partition coefficient (Wildman–Crippen LogP) is 3.08. The number of aromatic nitrogens is 3. The molecule has 0 saturated heterocycles. The molecule has 4 nitrogen and oxygen atoms in total. The first-order valence-corrected chi connectivity index (χ1v) is 7.13. The number of rotatable bonds is 5. The lowest BCUT2D eigenvalue weighted by atomic mass is 10.2. The van der Waals surface area contributed by atoms with E-state index in [1.165, 1.54) is 10.4 Å². The van der Waals surface area contributed by atoms with Gasteiger partial charge in [0, 0.05) is 17.0 Å². The molecule has 1 N–H and O–H groups in total. The maximum Gasteiger partial charge on any atom is 0.147 e. The van der Waals surface area contributed by atoms with E-state index < -0.39 is 0 Å². The maximum absolute atomic E-state index is 4.17. The van der Waals surface area contributed by atoms with Crippen molar-refractivity contribution < 1.29 is 0 Å². The molecule has 98 valence electrons. The third-order valence-corrected chi connectivity index (χ3v) is 4.27. The molecule has 2 aromatic rings. The van der Waals surface area contributed by atoms with Gasteiger partial charge in [-0.15, -0.1) is 21.5 Å². The number of nitrogens with one attached hydrogen (secondary N) is 1. The SMILES string of the molecule is Cc1ccsc1C(C)NCc1nncn1C(C)C. The minimum absolute atomic E-state index is 0.349. The van der Waals surface area contributed by atoms with Crippen molar-refractivity contribution >= 4 is 11.3 Å². The lowest BCUT2D eigenvalue weighted by Gasteiger charge is -2.15. The number of hydrogen-bond acceptors (Lipinski definition) is 4. The van der Waals surface area contributed by atoms with E-state index in [4.69, 9.17) is 0 Å². The van der Waals surface area contributed by atoms with Gasteiger partial charge in [0.2, 0.25) is 0 Å². The predicted molar refractivity (Wildman–Crippen MR) is 74.7 cm³/mol. The van der Waals surface area contributed by atoms with Gasteiger partial charge in [-0.2, -0.15) is 0 Å². The Bertz CT molecular complexity index is 501. The molecule has 18 heavy (non-hydrogen) atoms. The molecular formula is C13H20N4S. The van der Waals surface area contributed by atoms with E-state index in [9.17, 15) is 0 Å². The maximum atomic E-state index is 4.17. The Labute approximate surface area is 112 Å². The summed E-state index contributed by atoms with van der Waals surface area (Å²) >= 11 is 1.80. The first-order valence-electron chi connectivity index (χ1n) is 6.25. The van der Waals surface area contributed by atoms with Crippen molar-refractivity contribution in [2.75, 3.05) is 0 Å². The fourth-order valence-electron chi connectivity index (χ4n) is 1.99. The lowest BCUT2D eigenvalue weighted by molar-refractivity contribution is 0.511. The van der Waals surface area contributed by atoms with E-state index in [0.717, 1.165) is 12.4 Å². The minimum atomic E-state index is 0.349. The van der Waals surface area contributed by atoms with E-state index in [0.29, 0.717) is 12.1 Å². The zero-order chi connectivity index (χ0) is 13.1. The average molecular weight is 264 g/mol. The highest BCUT2D eigenvalue weighted by Gasteiger charge is 2.12. The summed E-state index contributed by atoms with van der Waals surface area (Å²) in [5.41, 5.74) is 1.35. The molecule has 0 amide bonds. The summed E-state index contributed by atoms with van der Waals surface area (Å²) < 4.78 is 2.10. The fraction of sp³-hybridized carbons (Fsp3) is 0.538. The number of aryl methyl sites for hydroxylation is 1. The normalized spacial score (nSPS) is 13.2. The number of hydrogen-bond donors (Lipinski definition) is 1. The second-order valence-corrected chi connectivity index (χ2v) is 5.77. The first-order chi connectivity index (χ1) is 8.59. The molecule has 0 bridgehead atoms. The second-order valence-electron chi connectivity index (χ2n) is 4.82. The topological polar surface area (TPSA) is 42.7 Å². The minimum Gasteiger partial charge on any atom is -0.314 e. The summed E-state index contributed by atoms with van der Waals surface area (Å²) in [6, 6.07) is 2.91. The monoisotopic (exact) mass is 264 g/mol. The molecule has 1 unspecified atom stereocenters. The highest BCUT2D eigenvalue weighted by Crippen LogP contribution is 2.23. The highest BCUT2D eigenvalue weighted by atomic mass is 32.1. The van der Waals surface area contributed by atoms with Crippen molar-refractivity contribution in [3.8, 4) is 0 Å². The van der Waals surface area contributed by atoms with Crippen LogP contribution in [0.4, 0.5) is 0 Å². The molecule has 2 aromatic heterocycles. The fourth-order valence-corrected chi connectivity index (χ4v) is 2.95. The van der Waals surface area contributed by atoms with Crippen LogP contribution in [-0.2, 0) is 6.54 Å². The highest BCUT2D eigenvalue weighted by molar-refractivity contribution is 7.10. The van der Waals surface area contributed by atoms with Crippen molar-refractivity contribution in [2.45, 2.75) is 46.3 Å². The van der Waals surface area contributed by atoms with Crippen LogP contribution in [-0.4, -0.2) is 14.8 Å². The summed E-state index contributed by atoms with van der Waals surface area (Å²) in [6.07, 6.45) is 1.79. The molecule has 1 atom stereocenters. The Morgan fingerprint density at radius 1 is 1.39 bits per heavy atom. The van der Waals surface area contributed by atoms with Crippen molar-refractivity contribution in [3.05, 3.63) is 34.0 Å². The second kappa shape index (κ2) is 5.63. The summed E-state index contributed by atoms with van der Waals surface area (Å²) in [7, 11) is 0. The van der Waals surface area contributed by atoms with Crippen LogP contribution < -0.4 is 5.32 Å². The summed E-state index contributed by atoms with van der Waals surface area (Å²) in [4.78, 5) is 1.39. The van der Waals surface area contributed by atoms with Crippen LogP contribution >= 0.6 is 11.3 Å². The van der Waals surface area contributed by atoms with Crippen molar-refractivity contribution in [1.82, 2.24) is 20.1 Å². The average Bonchev–Trinajstić information content (AvgIpc) is 2.94. The van der Waals surface area contributed by atoms with Gasteiger partial charge in [0.1, 0.15) is 12.2 Å². The van der Waals surface area contributed by atoms with Gasteiger partial charge in [-0.3, -0.25) is 0 Å². The van der Waals surface area contributed by atoms with E-state index in [1.807, 2.05) is 0 Å². The van der Waals surface area contributed by atoms with Gasteiger partial charge in [0.15, 0.2) is 0 Å².